The Morgan fingerprint density at radius 3 is 2.68 bits per heavy atom. The lowest BCUT2D eigenvalue weighted by Gasteiger charge is -2.07. The van der Waals surface area contributed by atoms with Gasteiger partial charge < -0.3 is 9.50 Å². The number of amides is 1. The Hall–Kier alpha value is -1.38. The van der Waals surface area contributed by atoms with Crippen LogP contribution in [-0.4, -0.2) is 20.4 Å². The molecule has 0 spiro atoms. The van der Waals surface area contributed by atoms with Crippen LogP contribution >= 0.6 is 27.3 Å². The third kappa shape index (κ3) is 3.68. The zero-order chi connectivity index (χ0) is 15.7. The molecule has 1 heterocycles. The standard InChI is InChI=1S/C14H12BrNO4S2/c15-12-6-7-13(21-12)22(18,19)20-11-3-1-2-9(8-11)14(17)16-10-4-5-10/h1-3,6-8,10H,4-5H2,(H,16,17). The van der Waals surface area contributed by atoms with Crippen LogP contribution in [0.4, 0.5) is 0 Å². The minimum absolute atomic E-state index is 0.104. The van der Waals surface area contributed by atoms with Gasteiger partial charge in [0.05, 0.1) is 3.79 Å². The summed E-state index contributed by atoms with van der Waals surface area (Å²) >= 11 is 4.28. The number of thiophene rings is 1. The van der Waals surface area contributed by atoms with Crippen LogP contribution in [0.15, 0.2) is 44.4 Å². The molecule has 0 aliphatic heterocycles. The van der Waals surface area contributed by atoms with Crippen molar-refractivity contribution in [3.05, 3.63) is 45.7 Å². The van der Waals surface area contributed by atoms with Gasteiger partial charge >= 0.3 is 10.1 Å². The average Bonchev–Trinajstić information content (AvgIpc) is 3.16. The van der Waals surface area contributed by atoms with Gasteiger partial charge in [0, 0.05) is 11.6 Å². The maximum Gasteiger partial charge on any atom is 0.348 e. The van der Waals surface area contributed by atoms with E-state index in [1.807, 2.05) is 0 Å². The smallest absolute Gasteiger partial charge is 0.348 e. The second kappa shape index (κ2) is 6.02. The summed E-state index contributed by atoms with van der Waals surface area (Å²) in [5.74, 6) is -0.0998. The summed E-state index contributed by atoms with van der Waals surface area (Å²) in [5.41, 5.74) is 0.381. The van der Waals surface area contributed by atoms with E-state index in [-0.39, 0.29) is 21.9 Å². The van der Waals surface area contributed by atoms with Gasteiger partial charge in [-0.2, -0.15) is 8.42 Å². The highest BCUT2D eigenvalue weighted by Crippen LogP contribution is 2.28. The third-order valence-electron chi connectivity index (χ3n) is 3.01. The van der Waals surface area contributed by atoms with E-state index in [1.54, 1.807) is 18.2 Å². The van der Waals surface area contributed by atoms with Crippen molar-refractivity contribution in [2.24, 2.45) is 0 Å². The molecule has 1 aromatic heterocycles. The monoisotopic (exact) mass is 401 g/mol. The minimum atomic E-state index is -3.89. The lowest BCUT2D eigenvalue weighted by molar-refractivity contribution is 0.0951. The van der Waals surface area contributed by atoms with E-state index < -0.39 is 10.1 Å². The molecule has 0 saturated heterocycles. The van der Waals surface area contributed by atoms with Crippen molar-refractivity contribution >= 4 is 43.3 Å². The Kier molecular flexibility index (Phi) is 4.24. The maximum absolute atomic E-state index is 12.2. The quantitative estimate of drug-likeness (QED) is 0.780. The van der Waals surface area contributed by atoms with Gasteiger partial charge in [0.15, 0.2) is 4.21 Å². The number of hydrogen-bond acceptors (Lipinski definition) is 5. The molecule has 0 atom stereocenters. The molecule has 1 N–H and O–H groups in total. The fraction of sp³-hybridized carbons (Fsp3) is 0.214. The topological polar surface area (TPSA) is 72.5 Å². The van der Waals surface area contributed by atoms with Crippen LogP contribution in [0.25, 0.3) is 0 Å². The average molecular weight is 402 g/mol. The first-order valence-electron chi connectivity index (χ1n) is 6.55. The van der Waals surface area contributed by atoms with E-state index in [0.717, 1.165) is 24.2 Å². The highest BCUT2D eigenvalue weighted by atomic mass is 79.9. The summed E-state index contributed by atoms with van der Waals surface area (Å²) in [4.78, 5) is 12.0. The first-order chi connectivity index (χ1) is 10.4. The molecule has 1 saturated carbocycles. The van der Waals surface area contributed by atoms with Gasteiger partial charge in [-0.05, 0) is 59.1 Å². The van der Waals surface area contributed by atoms with Crippen molar-refractivity contribution in [3.63, 3.8) is 0 Å². The highest BCUT2D eigenvalue weighted by molar-refractivity contribution is 9.11. The van der Waals surface area contributed by atoms with E-state index in [0.29, 0.717) is 9.35 Å². The minimum Gasteiger partial charge on any atom is -0.378 e. The van der Waals surface area contributed by atoms with Gasteiger partial charge in [0.1, 0.15) is 5.75 Å². The highest BCUT2D eigenvalue weighted by Gasteiger charge is 2.24. The molecule has 1 aliphatic carbocycles. The second-order valence-electron chi connectivity index (χ2n) is 4.87. The summed E-state index contributed by atoms with van der Waals surface area (Å²) in [5, 5.41) is 2.85. The van der Waals surface area contributed by atoms with Crippen LogP contribution in [0, 0.1) is 0 Å². The molecule has 3 rings (SSSR count). The summed E-state index contributed by atoms with van der Waals surface area (Å²) in [6.45, 7) is 0. The first-order valence-corrected chi connectivity index (χ1v) is 9.56. The largest absolute Gasteiger partial charge is 0.378 e. The fourth-order valence-corrected chi connectivity index (χ4v) is 4.68. The molecule has 1 aromatic carbocycles. The number of halogens is 1. The molecular formula is C14H12BrNO4S2. The Bertz CT molecular complexity index is 812. The van der Waals surface area contributed by atoms with E-state index >= 15 is 0 Å². The Balaban J connectivity index is 1.78. The van der Waals surface area contributed by atoms with Gasteiger partial charge in [-0.1, -0.05) is 6.07 Å². The Labute approximate surface area is 140 Å². The Morgan fingerprint density at radius 1 is 1.27 bits per heavy atom. The number of nitrogens with one attached hydrogen (secondary N) is 1. The predicted octanol–water partition coefficient (Wildman–Crippen LogP) is 3.17. The van der Waals surface area contributed by atoms with Gasteiger partial charge in [-0.15, -0.1) is 11.3 Å². The zero-order valence-electron chi connectivity index (χ0n) is 11.3. The lowest BCUT2D eigenvalue weighted by Crippen LogP contribution is -2.25. The van der Waals surface area contributed by atoms with Gasteiger partial charge in [-0.25, -0.2) is 0 Å². The second-order valence-corrected chi connectivity index (χ2v) is 9.11. The van der Waals surface area contributed by atoms with E-state index in [1.165, 1.54) is 18.2 Å². The number of rotatable bonds is 5. The summed E-state index contributed by atoms with van der Waals surface area (Å²) in [6.07, 6.45) is 1.98. The van der Waals surface area contributed by atoms with Crippen LogP contribution < -0.4 is 9.50 Å². The van der Waals surface area contributed by atoms with Crippen molar-refractivity contribution in [2.75, 3.05) is 0 Å². The van der Waals surface area contributed by atoms with Crippen LogP contribution in [0.1, 0.15) is 23.2 Å². The van der Waals surface area contributed by atoms with Crippen molar-refractivity contribution in [2.45, 2.75) is 23.1 Å². The van der Waals surface area contributed by atoms with Crippen LogP contribution in [0.5, 0.6) is 5.75 Å². The van der Waals surface area contributed by atoms with Gasteiger partial charge in [0.25, 0.3) is 5.91 Å². The number of carbonyl (C=O) groups excluding carboxylic acids is 1. The summed E-state index contributed by atoms with van der Waals surface area (Å²) in [6, 6.07) is 9.50. The molecule has 22 heavy (non-hydrogen) atoms. The van der Waals surface area contributed by atoms with Crippen molar-refractivity contribution < 1.29 is 17.4 Å². The number of hydrogen-bond donors (Lipinski definition) is 1. The van der Waals surface area contributed by atoms with Crippen molar-refractivity contribution in [1.29, 1.82) is 0 Å². The molecular weight excluding hydrogens is 390 g/mol. The van der Waals surface area contributed by atoms with E-state index in [2.05, 4.69) is 21.2 Å². The van der Waals surface area contributed by atoms with E-state index in [9.17, 15) is 13.2 Å². The van der Waals surface area contributed by atoms with Gasteiger partial charge in [0.2, 0.25) is 0 Å². The summed E-state index contributed by atoms with van der Waals surface area (Å²) < 4.78 is 30.2. The maximum atomic E-state index is 12.2. The first kappa shape index (κ1) is 15.5. The molecule has 0 radical (unpaired) electrons. The third-order valence-corrected chi connectivity index (χ3v) is 6.33. The van der Waals surface area contributed by atoms with Gasteiger partial charge in [-0.3, -0.25) is 4.79 Å². The van der Waals surface area contributed by atoms with E-state index in [4.69, 9.17) is 4.18 Å². The molecule has 8 heteroatoms. The Morgan fingerprint density at radius 2 is 2.05 bits per heavy atom. The molecule has 1 amide bonds. The summed E-state index contributed by atoms with van der Waals surface area (Å²) in [7, 11) is -3.89. The molecule has 0 unspecified atom stereocenters. The number of carbonyl (C=O) groups is 1. The lowest BCUT2D eigenvalue weighted by atomic mass is 10.2. The van der Waals surface area contributed by atoms with Crippen molar-refractivity contribution in [1.82, 2.24) is 5.32 Å². The zero-order valence-corrected chi connectivity index (χ0v) is 14.5. The normalized spacial score (nSPS) is 14.6. The molecule has 5 nitrogen and oxygen atoms in total. The molecule has 1 aliphatic rings. The molecule has 0 bridgehead atoms. The fourth-order valence-electron chi connectivity index (χ4n) is 1.79. The van der Waals surface area contributed by atoms with Crippen LogP contribution in [-0.2, 0) is 10.1 Å². The molecule has 2 aromatic rings. The van der Waals surface area contributed by atoms with Crippen LogP contribution in [0.3, 0.4) is 0 Å². The SMILES string of the molecule is O=C(NC1CC1)c1cccc(OS(=O)(=O)c2ccc(Br)s2)c1. The molecule has 116 valence electrons. The molecule has 1 fully saturated rings. The number of benzene rings is 1. The van der Waals surface area contributed by atoms with Crippen molar-refractivity contribution in [3.8, 4) is 5.75 Å². The van der Waals surface area contributed by atoms with Crippen LogP contribution in [0.2, 0.25) is 0 Å². The predicted molar refractivity (Wildman–Crippen MR) is 86.8 cm³/mol.